The third kappa shape index (κ3) is 32.0. The van der Waals surface area contributed by atoms with Crippen LogP contribution in [0.5, 0.6) is 0 Å². The average Bonchev–Trinajstić information content (AvgIpc) is 0.811. The number of aliphatic hydroxyl groups is 1. The molecule has 0 aromatic rings. The number of rotatable bonds is 0. The van der Waals surface area contributed by atoms with Gasteiger partial charge in [0, 0.05) is 0 Å². The molecule has 0 amide bonds. The van der Waals surface area contributed by atoms with Crippen LogP contribution in [0.2, 0.25) is 0 Å². The van der Waals surface area contributed by atoms with Crippen molar-refractivity contribution < 1.29 is 22.1 Å². The van der Waals surface area contributed by atoms with Gasteiger partial charge in [-0.1, -0.05) is 0 Å². The minimum absolute atomic E-state index is 0.146. The van der Waals surface area contributed by atoms with Crippen LogP contribution in [0.4, 0.5) is 0 Å². The van der Waals surface area contributed by atoms with Crippen LogP contribution in [0, 0.1) is 0 Å². The molecule has 0 spiro atoms. The monoisotopic (exact) mass is 96.0 g/mol. The summed E-state index contributed by atoms with van der Waals surface area (Å²) < 4.78 is -0.146. The molecular formula is CH3NOV. The molecule has 0 saturated carbocycles. The molecule has 4 heavy (non-hydrogen) atoms. The predicted octanol–water partition coefficient (Wildman–Crippen LogP) is -1.05. The summed E-state index contributed by atoms with van der Waals surface area (Å²) in [5.41, 5.74) is 4.56. The molecule has 2 nitrogen and oxygen atoms in total. The van der Waals surface area contributed by atoms with E-state index in [2.05, 4.69) is 5.73 Å². The van der Waals surface area contributed by atoms with Crippen molar-refractivity contribution in [1.29, 1.82) is 0 Å². The summed E-state index contributed by atoms with van der Waals surface area (Å²) in [4.78, 5) is 0. The Labute approximate surface area is 33.1 Å². The molecular weight excluding hydrogens is 93.0 g/mol. The Balaban J connectivity index is 2.80. The van der Waals surface area contributed by atoms with Gasteiger partial charge in [-0.05, 0) is 0 Å². The van der Waals surface area contributed by atoms with Crippen LogP contribution in [0.15, 0.2) is 0 Å². The summed E-state index contributed by atoms with van der Waals surface area (Å²) in [6, 6.07) is 0. The molecule has 0 unspecified atom stereocenters. The van der Waals surface area contributed by atoms with Crippen LogP contribution in [0.1, 0.15) is 0 Å². The van der Waals surface area contributed by atoms with Crippen molar-refractivity contribution in [2.75, 3.05) is 0 Å². The fourth-order valence-electron chi connectivity index (χ4n) is 0. The van der Waals surface area contributed by atoms with E-state index < -0.39 is 0 Å². The van der Waals surface area contributed by atoms with Gasteiger partial charge in [0.15, 0.2) is 0 Å². The molecule has 0 aliphatic carbocycles. The van der Waals surface area contributed by atoms with Crippen molar-refractivity contribution in [1.82, 2.24) is 0 Å². The fourth-order valence-corrected chi connectivity index (χ4v) is 0. The second kappa shape index (κ2) is 1.67. The zero-order valence-electron chi connectivity index (χ0n) is 1.97. The van der Waals surface area contributed by atoms with E-state index in [1.165, 1.54) is 0 Å². The molecule has 0 fully saturated rings. The van der Waals surface area contributed by atoms with Crippen LogP contribution in [0.25, 0.3) is 0 Å². The van der Waals surface area contributed by atoms with Gasteiger partial charge in [-0.15, -0.1) is 0 Å². The topological polar surface area (TPSA) is 46.2 Å². The molecule has 0 heterocycles. The Hall–Kier alpha value is 0.374. The summed E-state index contributed by atoms with van der Waals surface area (Å²) in [5.74, 6) is 0. The Kier molecular flexibility index (Phi) is 1.83. The number of hydrogen-bond donors (Lipinski definition) is 2. The molecule has 3 heteroatoms. The quantitative estimate of drug-likeness (QED) is 0.404. The molecule has 0 rings (SSSR count). The van der Waals surface area contributed by atoms with E-state index in [-0.39, 0.29) is 4.54 Å². The predicted molar refractivity (Wildman–Crippen MR) is 11.1 cm³/mol. The van der Waals surface area contributed by atoms with Gasteiger partial charge in [0.1, 0.15) is 0 Å². The van der Waals surface area contributed by atoms with Gasteiger partial charge in [0.25, 0.3) is 0 Å². The molecule has 0 aliphatic rings. The molecule has 0 aliphatic heterocycles. The summed E-state index contributed by atoms with van der Waals surface area (Å²) in [6.45, 7) is 0. The van der Waals surface area contributed by atoms with Gasteiger partial charge in [0.05, 0.1) is 0 Å². The van der Waals surface area contributed by atoms with Gasteiger partial charge in [-0.2, -0.15) is 0 Å². The van der Waals surface area contributed by atoms with Crippen molar-refractivity contribution in [2.45, 2.75) is 0 Å². The van der Waals surface area contributed by atoms with E-state index in [4.69, 9.17) is 5.11 Å². The van der Waals surface area contributed by atoms with Crippen molar-refractivity contribution in [2.24, 2.45) is 5.73 Å². The van der Waals surface area contributed by atoms with Crippen LogP contribution in [-0.2, 0) is 17.0 Å². The first-order chi connectivity index (χ1) is 1.73. The first-order valence-corrected chi connectivity index (χ1v) is 1.43. The van der Waals surface area contributed by atoms with Gasteiger partial charge in [0.2, 0.25) is 0 Å². The van der Waals surface area contributed by atoms with Crippen LogP contribution in [-0.4, -0.2) is 9.64 Å². The van der Waals surface area contributed by atoms with E-state index in [9.17, 15) is 0 Å². The van der Waals surface area contributed by atoms with E-state index in [0.29, 0.717) is 0 Å². The van der Waals surface area contributed by atoms with Crippen molar-refractivity contribution in [3.05, 3.63) is 0 Å². The molecule has 0 aromatic heterocycles. The minimum atomic E-state index is -0.146. The second-order valence-corrected chi connectivity index (χ2v) is 1.07. The first kappa shape index (κ1) is 4.37. The van der Waals surface area contributed by atoms with E-state index in [0.717, 1.165) is 0 Å². The van der Waals surface area contributed by atoms with Gasteiger partial charge < -0.3 is 0 Å². The SMILES string of the molecule is N[C](O)=[V]. The van der Waals surface area contributed by atoms with Gasteiger partial charge >= 0.3 is 32.4 Å². The molecule has 0 radical (unpaired) electrons. The number of hydrogen-bond acceptors (Lipinski definition) is 2. The molecule has 0 aromatic carbocycles. The molecule has 23 valence electrons. The first-order valence-electron chi connectivity index (χ1n) is 0.736. The van der Waals surface area contributed by atoms with E-state index in [1.807, 2.05) is 0 Å². The van der Waals surface area contributed by atoms with Crippen molar-refractivity contribution >= 4 is 4.54 Å². The van der Waals surface area contributed by atoms with Crippen molar-refractivity contribution in [3.8, 4) is 0 Å². The zero-order valence-corrected chi connectivity index (χ0v) is 3.37. The summed E-state index contributed by atoms with van der Waals surface area (Å²) in [5, 5.41) is 7.72. The Morgan fingerprint density at radius 2 is 2.00 bits per heavy atom. The van der Waals surface area contributed by atoms with E-state index >= 15 is 0 Å². The van der Waals surface area contributed by atoms with Gasteiger partial charge in [-0.25, -0.2) is 0 Å². The second-order valence-electron chi connectivity index (χ2n) is 0.358. The Bertz CT molecular complexity index is 31.0. The zero-order chi connectivity index (χ0) is 3.58. The molecule has 3 N–H and O–H groups in total. The van der Waals surface area contributed by atoms with Gasteiger partial charge in [-0.3, -0.25) is 0 Å². The average molecular weight is 96.0 g/mol. The standard InChI is InChI=1S/CH3NO.V/c2-1-3;/h3H,2H2;. The van der Waals surface area contributed by atoms with Crippen LogP contribution < -0.4 is 5.73 Å². The number of nitrogens with two attached hydrogens (primary N) is 1. The molecule has 0 atom stereocenters. The number of aliphatic hydroxyl groups excluding tert-OH is 1. The third-order valence-corrected chi connectivity index (χ3v) is 0. The van der Waals surface area contributed by atoms with Crippen LogP contribution >= 0.6 is 0 Å². The molecule has 0 bridgehead atoms. The third-order valence-electron chi connectivity index (χ3n) is 0. The summed E-state index contributed by atoms with van der Waals surface area (Å²) >= 11 is 1.78. The Morgan fingerprint density at radius 3 is 2.00 bits per heavy atom. The maximum absolute atomic E-state index is 7.72. The van der Waals surface area contributed by atoms with Crippen LogP contribution in [0.3, 0.4) is 0 Å². The molecule has 0 saturated heterocycles. The fraction of sp³-hybridized carbons (Fsp3) is 0. The summed E-state index contributed by atoms with van der Waals surface area (Å²) in [7, 11) is 0. The maximum atomic E-state index is 7.72. The van der Waals surface area contributed by atoms with Crippen molar-refractivity contribution in [3.63, 3.8) is 0 Å². The van der Waals surface area contributed by atoms with E-state index in [1.54, 1.807) is 17.0 Å². The normalized spacial score (nSPS) is 6.25. The summed E-state index contributed by atoms with van der Waals surface area (Å²) in [6.07, 6.45) is 0. The Morgan fingerprint density at radius 1 is 2.00 bits per heavy atom.